The number of ketones is 1. The second-order valence-corrected chi connectivity index (χ2v) is 7.86. The number of hydrogen-bond donors (Lipinski definition) is 0. The number of nitrogens with zero attached hydrogens (tertiary/aromatic N) is 1. The minimum absolute atomic E-state index is 0.235. The molecule has 1 aliphatic rings. The number of rotatable bonds is 6. The molecular formula is C26H27NO4. The molecule has 0 amide bonds. The first-order valence-corrected chi connectivity index (χ1v) is 11.0. The van der Waals surface area contributed by atoms with E-state index in [1.807, 2.05) is 31.2 Å². The molecule has 2 aromatic carbocycles. The van der Waals surface area contributed by atoms with Gasteiger partial charge in [0.2, 0.25) is 5.78 Å². The summed E-state index contributed by atoms with van der Waals surface area (Å²) in [6.45, 7) is 4.09. The molecule has 5 heteroatoms. The van der Waals surface area contributed by atoms with Crippen LogP contribution in [0.5, 0.6) is 5.75 Å². The van der Waals surface area contributed by atoms with Crippen LogP contribution in [-0.4, -0.2) is 29.4 Å². The molecule has 160 valence electrons. The maximum absolute atomic E-state index is 13.3. The average molecular weight is 418 g/mol. The summed E-state index contributed by atoms with van der Waals surface area (Å²) in [5.41, 5.74) is 3.80. The summed E-state index contributed by atoms with van der Waals surface area (Å²) in [7, 11) is 0. The van der Waals surface area contributed by atoms with Gasteiger partial charge in [-0.25, -0.2) is 4.79 Å². The molecule has 31 heavy (non-hydrogen) atoms. The minimum atomic E-state index is -0.890. The zero-order valence-corrected chi connectivity index (χ0v) is 18.0. The zero-order valence-electron chi connectivity index (χ0n) is 18.0. The van der Waals surface area contributed by atoms with Crippen LogP contribution in [0, 0.1) is 0 Å². The molecule has 0 radical (unpaired) electrons. The number of hydrogen-bond acceptors (Lipinski definition) is 5. The number of benzene rings is 2. The molecule has 1 atom stereocenters. The highest BCUT2D eigenvalue weighted by molar-refractivity contribution is 6.07. The summed E-state index contributed by atoms with van der Waals surface area (Å²) in [6, 6.07) is 14.6. The Labute approximate surface area is 182 Å². The van der Waals surface area contributed by atoms with Gasteiger partial charge in [0, 0.05) is 16.6 Å². The summed E-state index contributed by atoms with van der Waals surface area (Å²) >= 11 is 0. The van der Waals surface area contributed by atoms with Crippen LogP contribution in [0.3, 0.4) is 0 Å². The van der Waals surface area contributed by atoms with Crippen molar-refractivity contribution in [1.29, 1.82) is 0 Å². The molecule has 0 fully saturated rings. The van der Waals surface area contributed by atoms with Gasteiger partial charge in [0.15, 0.2) is 6.10 Å². The summed E-state index contributed by atoms with van der Waals surface area (Å²) in [6.07, 6.45) is 3.99. The van der Waals surface area contributed by atoms with Crippen molar-refractivity contribution in [2.45, 2.75) is 52.1 Å². The lowest BCUT2D eigenvalue weighted by Crippen LogP contribution is -2.25. The predicted octanol–water partition coefficient (Wildman–Crippen LogP) is 5.33. The Hall–Kier alpha value is -3.21. The predicted molar refractivity (Wildman–Crippen MR) is 120 cm³/mol. The van der Waals surface area contributed by atoms with E-state index in [0.717, 1.165) is 54.3 Å². The zero-order chi connectivity index (χ0) is 21.8. The highest BCUT2D eigenvalue weighted by Crippen LogP contribution is 2.29. The number of esters is 1. The second kappa shape index (κ2) is 9.29. The first kappa shape index (κ1) is 21.0. The van der Waals surface area contributed by atoms with Crippen molar-refractivity contribution in [1.82, 2.24) is 4.98 Å². The van der Waals surface area contributed by atoms with E-state index in [-0.39, 0.29) is 5.78 Å². The first-order chi connectivity index (χ1) is 15.1. The SMILES string of the molecule is CCOc1ccc(C(=O)[C@@H](C)OC(=O)c2c3c(nc4ccccc24)CCCCC3)cc1. The number of fused-ring (bicyclic) bond motifs is 2. The van der Waals surface area contributed by atoms with Crippen LogP contribution in [0.1, 0.15) is 65.1 Å². The van der Waals surface area contributed by atoms with Gasteiger partial charge in [-0.2, -0.15) is 0 Å². The van der Waals surface area contributed by atoms with Crippen LogP contribution < -0.4 is 4.74 Å². The van der Waals surface area contributed by atoms with E-state index in [4.69, 9.17) is 14.5 Å². The third-order valence-corrected chi connectivity index (χ3v) is 5.73. The third-order valence-electron chi connectivity index (χ3n) is 5.73. The lowest BCUT2D eigenvalue weighted by molar-refractivity contribution is 0.0319. The number of pyridine rings is 1. The monoisotopic (exact) mass is 417 g/mol. The van der Waals surface area contributed by atoms with E-state index in [1.54, 1.807) is 31.2 Å². The highest BCUT2D eigenvalue weighted by Gasteiger charge is 2.26. The van der Waals surface area contributed by atoms with Gasteiger partial charge in [-0.05, 0) is 75.4 Å². The Kier molecular flexibility index (Phi) is 6.31. The molecular weight excluding hydrogens is 390 g/mol. The Bertz CT molecular complexity index is 1100. The van der Waals surface area contributed by atoms with E-state index in [0.29, 0.717) is 23.5 Å². The normalized spacial score (nSPS) is 14.4. The molecule has 0 saturated carbocycles. The largest absolute Gasteiger partial charge is 0.494 e. The summed E-state index contributed by atoms with van der Waals surface area (Å²) in [5.74, 6) is 0.0130. The summed E-state index contributed by atoms with van der Waals surface area (Å²) in [4.78, 5) is 31.0. The fraction of sp³-hybridized carbons (Fsp3) is 0.346. The van der Waals surface area contributed by atoms with Gasteiger partial charge in [0.1, 0.15) is 5.75 Å². The Morgan fingerprint density at radius 2 is 1.74 bits per heavy atom. The van der Waals surface area contributed by atoms with Crippen LogP contribution >= 0.6 is 0 Å². The maximum atomic E-state index is 13.3. The standard InChI is InChI=1S/C26H27NO4/c1-3-30-19-15-13-18(14-16-19)25(28)17(2)31-26(29)24-20-9-5-4-6-11-22(20)27-23-12-8-7-10-21(23)24/h7-8,10,12-17H,3-6,9,11H2,1-2H3/t17-/m1/s1. The van der Waals surface area contributed by atoms with Crippen molar-refractivity contribution in [3.8, 4) is 5.75 Å². The van der Waals surface area contributed by atoms with Crippen LogP contribution in [0.2, 0.25) is 0 Å². The lowest BCUT2D eigenvalue weighted by Gasteiger charge is -2.17. The molecule has 4 rings (SSSR count). The van der Waals surface area contributed by atoms with Crippen molar-refractivity contribution in [3.63, 3.8) is 0 Å². The fourth-order valence-corrected chi connectivity index (χ4v) is 4.17. The van der Waals surface area contributed by atoms with E-state index in [2.05, 4.69) is 0 Å². The van der Waals surface area contributed by atoms with Gasteiger partial charge in [-0.1, -0.05) is 24.6 Å². The lowest BCUT2D eigenvalue weighted by atomic mass is 9.97. The smallest absolute Gasteiger partial charge is 0.339 e. The van der Waals surface area contributed by atoms with Crippen molar-refractivity contribution in [3.05, 3.63) is 70.9 Å². The highest BCUT2D eigenvalue weighted by atomic mass is 16.5. The average Bonchev–Trinajstić information content (AvgIpc) is 3.02. The van der Waals surface area contributed by atoms with E-state index < -0.39 is 12.1 Å². The van der Waals surface area contributed by atoms with Crippen molar-refractivity contribution >= 4 is 22.7 Å². The summed E-state index contributed by atoms with van der Waals surface area (Å²) in [5, 5.41) is 0.786. The molecule has 0 N–H and O–H groups in total. The molecule has 1 aromatic heterocycles. The number of aromatic nitrogens is 1. The van der Waals surface area contributed by atoms with E-state index in [9.17, 15) is 9.59 Å². The first-order valence-electron chi connectivity index (χ1n) is 11.0. The quantitative estimate of drug-likeness (QED) is 0.308. The van der Waals surface area contributed by atoms with E-state index >= 15 is 0 Å². The van der Waals surface area contributed by atoms with Crippen molar-refractivity contribution < 1.29 is 19.1 Å². The number of carbonyl (C=O) groups excluding carboxylic acids is 2. The molecule has 0 spiro atoms. The molecule has 0 bridgehead atoms. The molecule has 0 unspecified atom stereocenters. The molecule has 5 nitrogen and oxygen atoms in total. The van der Waals surface area contributed by atoms with Gasteiger partial charge in [-0.15, -0.1) is 0 Å². The van der Waals surface area contributed by atoms with Gasteiger partial charge in [0.05, 0.1) is 17.7 Å². The Morgan fingerprint density at radius 1 is 1.00 bits per heavy atom. The van der Waals surface area contributed by atoms with Crippen LogP contribution in [0.25, 0.3) is 10.9 Å². The van der Waals surface area contributed by atoms with Gasteiger partial charge in [-0.3, -0.25) is 9.78 Å². The molecule has 0 saturated heterocycles. The molecule has 0 aliphatic heterocycles. The molecule has 3 aromatic rings. The maximum Gasteiger partial charge on any atom is 0.339 e. The minimum Gasteiger partial charge on any atom is -0.494 e. The van der Waals surface area contributed by atoms with Crippen LogP contribution in [-0.2, 0) is 17.6 Å². The topological polar surface area (TPSA) is 65.5 Å². The fourth-order valence-electron chi connectivity index (χ4n) is 4.17. The van der Waals surface area contributed by atoms with Crippen LogP contribution in [0.15, 0.2) is 48.5 Å². The van der Waals surface area contributed by atoms with Crippen molar-refractivity contribution in [2.75, 3.05) is 6.61 Å². The summed E-state index contributed by atoms with van der Waals surface area (Å²) < 4.78 is 11.1. The third kappa shape index (κ3) is 4.46. The Balaban J connectivity index is 1.62. The van der Waals surface area contributed by atoms with E-state index in [1.165, 1.54) is 0 Å². The Morgan fingerprint density at radius 3 is 2.52 bits per heavy atom. The number of aryl methyl sites for hydroxylation is 1. The van der Waals surface area contributed by atoms with Gasteiger partial charge >= 0.3 is 5.97 Å². The molecule has 1 heterocycles. The number of carbonyl (C=O) groups is 2. The van der Waals surface area contributed by atoms with Crippen molar-refractivity contribution in [2.24, 2.45) is 0 Å². The molecule has 1 aliphatic carbocycles. The van der Waals surface area contributed by atoms with Crippen LogP contribution in [0.4, 0.5) is 0 Å². The van der Waals surface area contributed by atoms with Gasteiger partial charge in [0.25, 0.3) is 0 Å². The number of para-hydroxylation sites is 1. The second-order valence-electron chi connectivity index (χ2n) is 7.86. The number of Topliss-reactive ketones (excluding diaryl/α,β-unsaturated/α-hetero) is 1. The van der Waals surface area contributed by atoms with Gasteiger partial charge < -0.3 is 9.47 Å². The number of ether oxygens (including phenoxy) is 2.